The highest BCUT2D eigenvalue weighted by Gasteiger charge is 2.08. The molecule has 2 rings (SSSR count). The fraction of sp³-hybridized carbons (Fsp3) is 0.375. The Labute approximate surface area is 106 Å². The van der Waals surface area contributed by atoms with Crippen LogP contribution in [-0.4, -0.2) is 44.4 Å². The van der Waals surface area contributed by atoms with Gasteiger partial charge in [0.1, 0.15) is 0 Å². The van der Waals surface area contributed by atoms with E-state index in [-0.39, 0.29) is 23.1 Å². The Morgan fingerprint density at radius 3 is 2.94 bits per heavy atom. The summed E-state index contributed by atoms with van der Waals surface area (Å²) in [5.41, 5.74) is 5.40. The maximum absolute atomic E-state index is 11.5. The van der Waals surface area contributed by atoms with Gasteiger partial charge in [-0.3, -0.25) is 14.8 Å². The predicted molar refractivity (Wildman–Crippen MR) is 66.8 cm³/mol. The van der Waals surface area contributed by atoms with Gasteiger partial charge < -0.3 is 10.7 Å². The summed E-state index contributed by atoms with van der Waals surface area (Å²) in [5.74, 6) is 0.615. The summed E-state index contributed by atoms with van der Waals surface area (Å²) in [4.78, 5) is 24.4. The van der Waals surface area contributed by atoms with Gasteiger partial charge in [0.05, 0.1) is 6.54 Å². The number of nitrogens with two attached hydrogens (primary N) is 1. The number of alkyl halides is 1. The average molecular weight is 271 g/mol. The van der Waals surface area contributed by atoms with Crippen molar-refractivity contribution in [3.63, 3.8) is 0 Å². The van der Waals surface area contributed by atoms with E-state index in [1.165, 1.54) is 0 Å². The SMILES string of the molecule is CN(CCCl)N=Nc1nc2nc(N)[nH]c(=O)c2[nH]1. The normalized spacial score (nSPS) is 11.4. The Morgan fingerprint density at radius 2 is 2.22 bits per heavy atom. The fourth-order valence-corrected chi connectivity index (χ4v) is 1.49. The molecule has 0 saturated heterocycles. The first-order valence-electron chi connectivity index (χ1n) is 5.04. The summed E-state index contributed by atoms with van der Waals surface area (Å²) >= 11 is 5.54. The van der Waals surface area contributed by atoms with E-state index < -0.39 is 5.56 Å². The maximum Gasteiger partial charge on any atom is 0.278 e. The smallest absolute Gasteiger partial charge is 0.278 e. The van der Waals surface area contributed by atoms with Crippen molar-refractivity contribution in [3.8, 4) is 0 Å². The van der Waals surface area contributed by atoms with Crippen LogP contribution in [0, 0.1) is 0 Å². The van der Waals surface area contributed by atoms with Crippen LogP contribution in [0.1, 0.15) is 0 Å². The molecule has 0 unspecified atom stereocenters. The minimum absolute atomic E-state index is 0.00162. The summed E-state index contributed by atoms with van der Waals surface area (Å²) in [6.07, 6.45) is 0. The summed E-state index contributed by atoms with van der Waals surface area (Å²) in [6.45, 7) is 0.553. The zero-order chi connectivity index (χ0) is 13.1. The van der Waals surface area contributed by atoms with Crippen LogP contribution >= 0.6 is 11.6 Å². The number of rotatable bonds is 4. The largest absolute Gasteiger partial charge is 0.369 e. The monoisotopic (exact) mass is 270 g/mol. The summed E-state index contributed by atoms with van der Waals surface area (Å²) < 4.78 is 0. The molecule has 0 spiro atoms. The number of nitrogens with zero attached hydrogens (tertiary/aromatic N) is 5. The number of fused-ring (bicyclic) bond motifs is 1. The molecule has 2 aromatic rings. The second-order valence-corrected chi connectivity index (χ2v) is 3.85. The van der Waals surface area contributed by atoms with Crippen molar-refractivity contribution in [2.75, 3.05) is 25.2 Å². The first-order valence-corrected chi connectivity index (χ1v) is 5.58. The zero-order valence-corrected chi connectivity index (χ0v) is 10.3. The van der Waals surface area contributed by atoms with Gasteiger partial charge >= 0.3 is 0 Å². The van der Waals surface area contributed by atoms with Gasteiger partial charge in [-0.15, -0.1) is 11.6 Å². The quantitative estimate of drug-likeness (QED) is 0.421. The summed E-state index contributed by atoms with van der Waals surface area (Å²) in [7, 11) is 1.72. The van der Waals surface area contributed by atoms with Crippen LogP contribution in [0.2, 0.25) is 0 Å². The van der Waals surface area contributed by atoms with Crippen molar-refractivity contribution in [2.45, 2.75) is 0 Å². The Balaban J connectivity index is 2.31. The number of aromatic amines is 2. The van der Waals surface area contributed by atoms with E-state index in [0.717, 1.165) is 0 Å². The van der Waals surface area contributed by atoms with Gasteiger partial charge in [0, 0.05) is 12.9 Å². The van der Waals surface area contributed by atoms with E-state index in [9.17, 15) is 4.79 Å². The molecule has 10 heteroatoms. The molecular weight excluding hydrogens is 260 g/mol. The molecule has 9 nitrogen and oxygen atoms in total. The van der Waals surface area contributed by atoms with Crippen molar-refractivity contribution < 1.29 is 0 Å². The van der Waals surface area contributed by atoms with Gasteiger partial charge in [-0.1, -0.05) is 10.3 Å². The number of halogens is 1. The molecule has 0 aromatic carbocycles. The van der Waals surface area contributed by atoms with Crippen LogP contribution in [0.5, 0.6) is 0 Å². The van der Waals surface area contributed by atoms with E-state index in [1.807, 2.05) is 0 Å². The maximum atomic E-state index is 11.5. The highest BCUT2D eigenvalue weighted by molar-refractivity contribution is 6.18. The minimum atomic E-state index is -0.402. The number of nitrogens with one attached hydrogen (secondary N) is 2. The van der Waals surface area contributed by atoms with Gasteiger partial charge in [0.15, 0.2) is 11.2 Å². The first kappa shape index (κ1) is 12.3. The zero-order valence-electron chi connectivity index (χ0n) is 9.51. The van der Waals surface area contributed by atoms with Crippen molar-refractivity contribution in [2.24, 2.45) is 10.3 Å². The number of H-pyrrole nitrogens is 2. The van der Waals surface area contributed by atoms with Gasteiger partial charge in [0.25, 0.3) is 11.5 Å². The van der Waals surface area contributed by atoms with Gasteiger partial charge in [0.2, 0.25) is 5.95 Å². The third-order valence-corrected chi connectivity index (χ3v) is 2.24. The third kappa shape index (κ3) is 2.56. The molecule has 0 amide bonds. The van der Waals surface area contributed by atoms with E-state index in [4.69, 9.17) is 17.3 Å². The number of hydrogen-bond acceptors (Lipinski definition) is 6. The Morgan fingerprint density at radius 1 is 1.44 bits per heavy atom. The molecular formula is C8H11ClN8O. The van der Waals surface area contributed by atoms with E-state index in [0.29, 0.717) is 12.4 Å². The van der Waals surface area contributed by atoms with Gasteiger partial charge in [-0.25, -0.2) is 0 Å². The molecule has 2 heterocycles. The molecule has 0 atom stereocenters. The third-order valence-electron chi connectivity index (χ3n) is 2.07. The molecule has 0 aliphatic heterocycles. The lowest BCUT2D eigenvalue weighted by molar-refractivity contribution is 0.352. The van der Waals surface area contributed by atoms with Crippen molar-refractivity contribution in [1.29, 1.82) is 0 Å². The minimum Gasteiger partial charge on any atom is -0.369 e. The molecule has 4 N–H and O–H groups in total. The molecule has 0 aliphatic carbocycles. The molecule has 0 saturated carbocycles. The number of hydrogen-bond donors (Lipinski definition) is 3. The van der Waals surface area contributed by atoms with Crippen LogP contribution in [0.15, 0.2) is 15.1 Å². The van der Waals surface area contributed by atoms with Crippen LogP contribution in [0.4, 0.5) is 11.9 Å². The number of nitrogen functional groups attached to an aromatic ring is 1. The molecule has 0 bridgehead atoms. The standard InChI is InChI=1S/C8H11ClN8O/c1-17(3-2-9)16-15-8-11-4-5(13-8)12-7(10)14-6(4)18/h2-3H2,1H3,(H4,10,11,12,13,14,18). The van der Waals surface area contributed by atoms with Crippen LogP contribution in [0.25, 0.3) is 11.2 Å². The number of aromatic nitrogens is 4. The average Bonchev–Trinajstić information content (AvgIpc) is 2.70. The Kier molecular flexibility index (Phi) is 3.42. The van der Waals surface area contributed by atoms with E-state index in [1.54, 1.807) is 12.1 Å². The Bertz CT molecular complexity index is 632. The molecule has 96 valence electrons. The molecule has 2 aromatic heterocycles. The predicted octanol–water partition coefficient (Wildman–Crippen LogP) is 0.398. The number of anilines is 1. The second-order valence-electron chi connectivity index (χ2n) is 3.47. The van der Waals surface area contributed by atoms with Gasteiger partial charge in [-0.2, -0.15) is 9.97 Å². The van der Waals surface area contributed by atoms with Gasteiger partial charge in [-0.05, 0) is 0 Å². The lowest BCUT2D eigenvalue weighted by atomic mass is 10.5. The summed E-state index contributed by atoms with van der Waals surface area (Å²) in [5, 5.41) is 9.21. The molecule has 0 fully saturated rings. The Hall–Kier alpha value is -2.16. The highest BCUT2D eigenvalue weighted by Crippen LogP contribution is 2.11. The van der Waals surface area contributed by atoms with Crippen LogP contribution in [-0.2, 0) is 0 Å². The van der Waals surface area contributed by atoms with E-state index >= 15 is 0 Å². The van der Waals surface area contributed by atoms with Crippen LogP contribution < -0.4 is 11.3 Å². The lowest BCUT2D eigenvalue weighted by Gasteiger charge is -2.06. The van der Waals surface area contributed by atoms with E-state index in [2.05, 4.69) is 30.3 Å². The highest BCUT2D eigenvalue weighted by atomic mass is 35.5. The molecule has 0 aliphatic rings. The van der Waals surface area contributed by atoms with Crippen LogP contribution in [0.3, 0.4) is 0 Å². The van der Waals surface area contributed by atoms with Crippen molar-refractivity contribution >= 4 is 34.7 Å². The summed E-state index contributed by atoms with van der Waals surface area (Å²) in [6, 6.07) is 0. The fourth-order valence-electron chi connectivity index (χ4n) is 1.25. The van der Waals surface area contributed by atoms with Crippen molar-refractivity contribution in [3.05, 3.63) is 10.4 Å². The van der Waals surface area contributed by atoms with Crippen molar-refractivity contribution in [1.82, 2.24) is 24.9 Å². The topological polar surface area (TPSA) is 128 Å². The lowest BCUT2D eigenvalue weighted by Crippen LogP contribution is -2.12. The molecule has 0 radical (unpaired) electrons. The first-order chi connectivity index (χ1) is 8.60. The number of imidazole rings is 1. The molecule has 18 heavy (non-hydrogen) atoms. The second kappa shape index (κ2) is 5.00.